The Kier molecular flexibility index (Phi) is 6.55. The van der Waals surface area contributed by atoms with Gasteiger partial charge in [0.15, 0.2) is 0 Å². The molecule has 0 unspecified atom stereocenters. The highest BCUT2D eigenvalue weighted by molar-refractivity contribution is 7.87. The maximum Gasteiger partial charge on any atom is 0.276 e. The second-order valence-corrected chi connectivity index (χ2v) is 7.30. The lowest BCUT2D eigenvalue weighted by atomic mass is 9.82. The smallest absolute Gasteiger partial charge is 0.276 e. The van der Waals surface area contributed by atoms with E-state index in [0.29, 0.717) is 30.8 Å². The summed E-state index contributed by atoms with van der Waals surface area (Å²) < 4.78 is 28.5. The molecule has 0 aliphatic heterocycles. The molecule has 0 bridgehead atoms. The maximum atomic E-state index is 11.7. The quantitative estimate of drug-likeness (QED) is 0.644. The molecule has 0 aromatic rings. The van der Waals surface area contributed by atoms with E-state index in [-0.39, 0.29) is 0 Å². The van der Waals surface area contributed by atoms with Gasteiger partial charge in [0.1, 0.15) is 0 Å². The van der Waals surface area contributed by atoms with Crippen LogP contribution in [-0.2, 0) is 10.2 Å². The summed E-state index contributed by atoms with van der Waals surface area (Å²) in [5.74, 6) is 1.42. The zero-order valence-electron chi connectivity index (χ0n) is 11.5. The summed E-state index contributed by atoms with van der Waals surface area (Å²) in [4.78, 5) is 0. The van der Waals surface area contributed by atoms with E-state index >= 15 is 0 Å². The molecular formula is C12H27N3O2S. The van der Waals surface area contributed by atoms with Crippen molar-refractivity contribution in [2.24, 2.45) is 23.5 Å². The minimum absolute atomic E-state index is 0.321. The molecule has 0 saturated heterocycles. The van der Waals surface area contributed by atoms with Gasteiger partial charge in [0.25, 0.3) is 10.2 Å². The van der Waals surface area contributed by atoms with Crippen molar-refractivity contribution in [2.45, 2.75) is 39.5 Å². The molecule has 0 radical (unpaired) electrons. The lowest BCUT2D eigenvalue weighted by Crippen LogP contribution is -2.41. The Bertz CT molecular complexity index is 322. The molecule has 0 heterocycles. The maximum absolute atomic E-state index is 11.7. The van der Waals surface area contributed by atoms with Crippen molar-refractivity contribution in [1.29, 1.82) is 0 Å². The Morgan fingerprint density at radius 3 is 2.17 bits per heavy atom. The van der Waals surface area contributed by atoms with E-state index in [2.05, 4.69) is 9.44 Å². The highest BCUT2D eigenvalue weighted by Gasteiger charge is 2.21. The average molecular weight is 277 g/mol. The first-order chi connectivity index (χ1) is 8.43. The average Bonchev–Trinajstić information content (AvgIpc) is 2.35. The predicted molar refractivity (Wildman–Crippen MR) is 74.3 cm³/mol. The molecule has 0 amide bonds. The number of nitrogens with two attached hydrogens (primary N) is 1. The Morgan fingerprint density at radius 1 is 1.11 bits per heavy atom. The first-order valence-corrected chi connectivity index (χ1v) is 8.35. The van der Waals surface area contributed by atoms with Crippen LogP contribution in [0.25, 0.3) is 0 Å². The van der Waals surface area contributed by atoms with Crippen molar-refractivity contribution in [3.63, 3.8) is 0 Å². The molecule has 5 nitrogen and oxygen atoms in total. The van der Waals surface area contributed by atoms with Crippen LogP contribution >= 0.6 is 0 Å². The number of hydrogen-bond acceptors (Lipinski definition) is 3. The van der Waals surface area contributed by atoms with E-state index in [4.69, 9.17) is 5.73 Å². The fourth-order valence-corrected chi connectivity index (χ4v) is 3.34. The summed E-state index contributed by atoms with van der Waals surface area (Å²) in [5.41, 5.74) is 5.64. The zero-order valence-corrected chi connectivity index (χ0v) is 12.3. The van der Waals surface area contributed by atoms with Crippen LogP contribution in [0.15, 0.2) is 0 Å². The lowest BCUT2D eigenvalue weighted by molar-refractivity contribution is 0.280. The molecule has 1 aliphatic rings. The summed E-state index contributed by atoms with van der Waals surface area (Å²) in [5, 5.41) is 0. The Hall–Kier alpha value is -0.170. The molecule has 1 aliphatic carbocycles. The summed E-state index contributed by atoms with van der Waals surface area (Å²) in [6, 6.07) is 0. The van der Waals surface area contributed by atoms with Crippen LogP contribution in [-0.4, -0.2) is 28.1 Å². The third kappa shape index (κ3) is 6.13. The van der Waals surface area contributed by atoms with Crippen LogP contribution < -0.4 is 15.2 Å². The van der Waals surface area contributed by atoms with Crippen molar-refractivity contribution in [3.05, 3.63) is 0 Å². The first-order valence-electron chi connectivity index (χ1n) is 6.87. The van der Waals surface area contributed by atoms with Crippen LogP contribution in [0.1, 0.15) is 39.5 Å². The fraction of sp³-hybridized carbons (Fsp3) is 1.00. The normalized spacial score (nSPS) is 25.6. The molecule has 1 rings (SSSR count). The van der Waals surface area contributed by atoms with Crippen LogP contribution in [0, 0.1) is 17.8 Å². The van der Waals surface area contributed by atoms with Crippen LogP contribution in [0.5, 0.6) is 0 Å². The van der Waals surface area contributed by atoms with Crippen LogP contribution in [0.4, 0.5) is 0 Å². The Balaban J connectivity index is 2.24. The van der Waals surface area contributed by atoms with Gasteiger partial charge < -0.3 is 5.73 Å². The Labute approximate surface area is 111 Å². The molecule has 0 aromatic carbocycles. The highest BCUT2D eigenvalue weighted by Crippen LogP contribution is 2.27. The SMILES string of the molecule is CC(C)CNS(=O)(=O)NCC1CCC(CN)CC1. The van der Waals surface area contributed by atoms with Crippen molar-refractivity contribution < 1.29 is 8.42 Å². The predicted octanol–water partition coefficient (Wildman–Crippen LogP) is 0.832. The number of rotatable bonds is 7. The molecule has 18 heavy (non-hydrogen) atoms. The molecule has 1 fully saturated rings. The molecule has 4 N–H and O–H groups in total. The van der Waals surface area contributed by atoms with Crippen molar-refractivity contribution in [1.82, 2.24) is 9.44 Å². The zero-order chi connectivity index (χ0) is 13.6. The van der Waals surface area contributed by atoms with Gasteiger partial charge in [-0.25, -0.2) is 9.44 Å². The van der Waals surface area contributed by atoms with Gasteiger partial charge >= 0.3 is 0 Å². The van der Waals surface area contributed by atoms with E-state index in [0.717, 1.165) is 32.2 Å². The third-order valence-electron chi connectivity index (χ3n) is 3.54. The number of nitrogens with one attached hydrogen (secondary N) is 2. The molecular weight excluding hydrogens is 250 g/mol. The van der Waals surface area contributed by atoms with Gasteiger partial charge in [0.2, 0.25) is 0 Å². The summed E-state index contributed by atoms with van der Waals surface area (Å²) in [6.45, 7) is 5.75. The summed E-state index contributed by atoms with van der Waals surface area (Å²) in [7, 11) is -3.32. The van der Waals surface area contributed by atoms with Gasteiger partial charge in [-0.1, -0.05) is 13.8 Å². The molecule has 0 aromatic heterocycles. The van der Waals surface area contributed by atoms with Crippen LogP contribution in [0.2, 0.25) is 0 Å². The van der Waals surface area contributed by atoms with Crippen molar-refractivity contribution in [2.75, 3.05) is 19.6 Å². The monoisotopic (exact) mass is 277 g/mol. The minimum Gasteiger partial charge on any atom is -0.330 e. The summed E-state index contributed by atoms with van der Waals surface area (Å²) in [6.07, 6.45) is 4.41. The van der Waals surface area contributed by atoms with Gasteiger partial charge in [-0.2, -0.15) is 8.42 Å². The van der Waals surface area contributed by atoms with Crippen molar-refractivity contribution in [3.8, 4) is 0 Å². The minimum atomic E-state index is -3.32. The molecule has 1 saturated carbocycles. The van der Waals surface area contributed by atoms with Gasteiger partial charge in [0, 0.05) is 13.1 Å². The largest absolute Gasteiger partial charge is 0.330 e. The van der Waals surface area contributed by atoms with Gasteiger partial charge in [-0.3, -0.25) is 0 Å². The number of hydrogen-bond donors (Lipinski definition) is 3. The third-order valence-corrected chi connectivity index (χ3v) is 4.64. The van der Waals surface area contributed by atoms with Gasteiger partial charge in [0.05, 0.1) is 0 Å². The second kappa shape index (κ2) is 7.43. The lowest BCUT2D eigenvalue weighted by Gasteiger charge is -2.27. The van der Waals surface area contributed by atoms with E-state index < -0.39 is 10.2 Å². The molecule has 0 atom stereocenters. The van der Waals surface area contributed by atoms with Crippen LogP contribution in [0.3, 0.4) is 0 Å². The molecule has 108 valence electrons. The molecule has 0 spiro atoms. The van der Waals surface area contributed by atoms with Gasteiger partial charge in [-0.15, -0.1) is 0 Å². The van der Waals surface area contributed by atoms with Crippen molar-refractivity contribution >= 4 is 10.2 Å². The summed E-state index contributed by atoms with van der Waals surface area (Å²) >= 11 is 0. The molecule has 6 heteroatoms. The van der Waals surface area contributed by atoms with E-state index in [1.165, 1.54) is 0 Å². The second-order valence-electron chi connectivity index (χ2n) is 5.72. The van der Waals surface area contributed by atoms with E-state index in [1.807, 2.05) is 13.8 Å². The van der Waals surface area contributed by atoms with E-state index in [1.54, 1.807) is 0 Å². The highest BCUT2D eigenvalue weighted by atomic mass is 32.2. The topological polar surface area (TPSA) is 84.2 Å². The Morgan fingerprint density at radius 2 is 1.67 bits per heavy atom. The van der Waals surface area contributed by atoms with E-state index in [9.17, 15) is 8.42 Å². The fourth-order valence-electron chi connectivity index (χ4n) is 2.23. The standard InChI is InChI=1S/C12H27N3O2S/c1-10(2)8-14-18(16,17)15-9-12-5-3-11(7-13)4-6-12/h10-12,14-15H,3-9,13H2,1-2H3. The first kappa shape index (κ1) is 15.9. The van der Waals surface area contributed by atoms with Gasteiger partial charge in [-0.05, 0) is 50.0 Å².